The molecule has 1 atom stereocenters. The summed E-state index contributed by atoms with van der Waals surface area (Å²) in [5, 5.41) is 0. The molecule has 1 aliphatic heterocycles. The number of likely N-dealkylation sites (tertiary alicyclic amines) is 1. The number of imidazole rings is 1. The molecule has 3 aromatic rings. The smallest absolute Gasteiger partial charge is 0.253 e. The van der Waals surface area contributed by atoms with Gasteiger partial charge in [0.15, 0.2) is 0 Å². The van der Waals surface area contributed by atoms with Crippen molar-refractivity contribution >= 4 is 36.4 Å². The fraction of sp³-hybridized carbons (Fsp3) is 0.391. The highest BCUT2D eigenvalue weighted by molar-refractivity contribution is 5.94. The molecular formula is C23H30Cl2N4O2. The van der Waals surface area contributed by atoms with Crippen molar-refractivity contribution in [2.24, 2.45) is 11.7 Å². The number of rotatable bonds is 5. The number of aryl methyl sites for hydroxylation is 1. The van der Waals surface area contributed by atoms with Crippen molar-refractivity contribution in [3.8, 4) is 5.75 Å². The van der Waals surface area contributed by atoms with Crippen LogP contribution in [0.1, 0.15) is 41.4 Å². The molecule has 8 heteroatoms. The zero-order valence-corrected chi connectivity index (χ0v) is 19.5. The Morgan fingerprint density at radius 2 is 1.94 bits per heavy atom. The zero-order valence-electron chi connectivity index (χ0n) is 17.9. The van der Waals surface area contributed by atoms with Gasteiger partial charge in [-0.25, -0.2) is 4.98 Å². The predicted octanol–water partition coefficient (Wildman–Crippen LogP) is 4.26. The summed E-state index contributed by atoms with van der Waals surface area (Å²) in [4.78, 5) is 19.4. The molecule has 168 valence electrons. The lowest BCUT2D eigenvalue weighted by molar-refractivity contribution is 0.0680. The summed E-state index contributed by atoms with van der Waals surface area (Å²) >= 11 is 0. The second kappa shape index (κ2) is 10.8. The number of nitrogens with two attached hydrogens (primary N) is 1. The van der Waals surface area contributed by atoms with Gasteiger partial charge in [-0.1, -0.05) is 12.1 Å². The van der Waals surface area contributed by atoms with E-state index in [-0.39, 0.29) is 36.8 Å². The molecule has 1 aromatic carbocycles. The Balaban J connectivity index is 0.00000171. The second-order valence-corrected chi connectivity index (χ2v) is 8.01. The minimum atomic E-state index is 0. The van der Waals surface area contributed by atoms with E-state index < -0.39 is 0 Å². The number of aromatic nitrogens is 2. The Hall–Kier alpha value is -2.28. The summed E-state index contributed by atoms with van der Waals surface area (Å²) in [6.45, 7) is 5.98. The molecule has 1 amide bonds. The average Bonchev–Trinajstić information content (AvgIpc) is 3.14. The Labute approximate surface area is 195 Å². The van der Waals surface area contributed by atoms with Gasteiger partial charge in [-0.3, -0.25) is 4.79 Å². The SMILES string of the molecule is Cc1ccc2nc(COc3cccc(C(=O)N4CCC(C(C)N)CC4)c3)cn2c1.Cl.Cl. The van der Waals surface area contributed by atoms with Crippen LogP contribution in [0, 0.1) is 12.8 Å². The fourth-order valence-corrected chi connectivity index (χ4v) is 3.91. The summed E-state index contributed by atoms with van der Waals surface area (Å²) in [6.07, 6.45) is 5.94. The second-order valence-electron chi connectivity index (χ2n) is 8.01. The van der Waals surface area contributed by atoms with E-state index in [0.717, 1.165) is 37.3 Å². The van der Waals surface area contributed by atoms with Crippen molar-refractivity contribution in [1.29, 1.82) is 0 Å². The number of ether oxygens (including phenoxy) is 1. The number of amides is 1. The van der Waals surface area contributed by atoms with Crippen molar-refractivity contribution in [3.05, 3.63) is 65.6 Å². The van der Waals surface area contributed by atoms with Crippen molar-refractivity contribution < 1.29 is 9.53 Å². The number of hydrogen-bond donors (Lipinski definition) is 1. The molecule has 31 heavy (non-hydrogen) atoms. The van der Waals surface area contributed by atoms with Crippen molar-refractivity contribution in [2.75, 3.05) is 13.1 Å². The number of benzene rings is 1. The van der Waals surface area contributed by atoms with Crippen LogP contribution in [0.25, 0.3) is 5.65 Å². The zero-order chi connectivity index (χ0) is 20.4. The molecule has 2 aromatic heterocycles. The highest BCUT2D eigenvalue weighted by Gasteiger charge is 2.25. The van der Waals surface area contributed by atoms with E-state index in [1.54, 1.807) is 0 Å². The van der Waals surface area contributed by atoms with Crippen LogP contribution in [0.15, 0.2) is 48.8 Å². The minimum absolute atomic E-state index is 0. The lowest BCUT2D eigenvalue weighted by atomic mass is 9.90. The van der Waals surface area contributed by atoms with E-state index in [4.69, 9.17) is 10.5 Å². The lowest BCUT2D eigenvalue weighted by Crippen LogP contribution is -2.42. The summed E-state index contributed by atoms with van der Waals surface area (Å²) in [5.74, 6) is 1.24. The molecule has 3 heterocycles. The van der Waals surface area contributed by atoms with Gasteiger partial charge in [0, 0.05) is 37.1 Å². The summed E-state index contributed by atoms with van der Waals surface area (Å²) in [6, 6.07) is 11.6. The largest absolute Gasteiger partial charge is 0.487 e. The first-order valence-corrected chi connectivity index (χ1v) is 10.2. The third-order valence-corrected chi connectivity index (χ3v) is 5.69. The summed E-state index contributed by atoms with van der Waals surface area (Å²) in [7, 11) is 0. The van der Waals surface area contributed by atoms with E-state index >= 15 is 0 Å². The molecule has 2 N–H and O–H groups in total. The number of halogens is 2. The number of hydrogen-bond acceptors (Lipinski definition) is 4. The molecule has 0 spiro atoms. The Kier molecular flexibility index (Phi) is 8.74. The van der Waals surface area contributed by atoms with Gasteiger partial charge in [0.25, 0.3) is 5.91 Å². The first-order chi connectivity index (χ1) is 14.0. The monoisotopic (exact) mass is 464 g/mol. The van der Waals surface area contributed by atoms with Crippen molar-refractivity contribution in [2.45, 2.75) is 39.3 Å². The van der Waals surface area contributed by atoms with Crippen LogP contribution >= 0.6 is 24.8 Å². The van der Waals surface area contributed by atoms with Crippen molar-refractivity contribution in [3.63, 3.8) is 0 Å². The third-order valence-electron chi connectivity index (χ3n) is 5.69. The van der Waals surface area contributed by atoms with Gasteiger partial charge in [-0.05, 0) is 62.4 Å². The minimum Gasteiger partial charge on any atom is -0.487 e. The molecule has 0 bridgehead atoms. The fourth-order valence-electron chi connectivity index (χ4n) is 3.91. The molecule has 1 aliphatic rings. The lowest BCUT2D eigenvalue weighted by Gasteiger charge is -2.33. The first-order valence-electron chi connectivity index (χ1n) is 10.2. The molecule has 1 fully saturated rings. The quantitative estimate of drug-likeness (QED) is 0.611. The molecule has 6 nitrogen and oxygen atoms in total. The van der Waals surface area contributed by atoms with Crippen LogP contribution < -0.4 is 10.5 Å². The van der Waals surface area contributed by atoms with Crippen LogP contribution in [-0.4, -0.2) is 39.3 Å². The number of pyridine rings is 1. The average molecular weight is 465 g/mol. The van der Waals surface area contributed by atoms with E-state index in [0.29, 0.717) is 23.8 Å². The van der Waals surface area contributed by atoms with Crippen molar-refractivity contribution in [1.82, 2.24) is 14.3 Å². The molecule has 4 rings (SSSR count). The van der Waals surface area contributed by atoms with E-state index in [9.17, 15) is 4.79 Å². The van der Waals surface area contributed by atoms with E-state index in [1.807, 2.05) is 65.0 Å². The van der Waals surface area contributed by atoms with Crippen LogP contribution in [0.2, 0.25) is 0 Å². The van der Waals surface area contributed by atoms with Gasteiger partial charge in [0.05, 0.1) is 5.69 Å². The maximum atomic E-state index is 12.9. The van der Waals surface area contributed by atoms with E-state index in [1.165, 1.54) is 5.56 Å². The Morgan fingerprint density at radius 1 is 1.19 bits per heavy atom. The van der Waals surface area contributed by atoms with Gasteiger partial charge >= 0.3 is 0 Å². The van der Waals surface area contributed by atoms with Crippen LogP contribution in [0.5, 0.6) is 5.75 Å². The number of carbonyl (C=O) groups is 1. The maximum absolute atomic E-state index is 12.9. The highest BCUT2D eigenvalue weighted by atomic mass is 35.5. The first kappa shape index (κ1) is 25.0. The summed E-state index contributed by atoms with van der Waals surface area (Å²) in [5.41, 5.74) is 9.59. The third kappa shape index (κ3) is 5.91. The number of nitrogens with zero attached hydrogens (tertiary/aromatic N) is 3. The van der Waals surface area contributed by atoms with Gasteiger partial charge in [0.1, 0.15) is 18.0 Å². The summed E-state index contributed by atoms with van der Waals surface area (Å²) < 4.78 is 7.92. The van der Waals surface area contributed by atoms with Gasteiger partial charge in [-0.2, -0.15) is 0 Å². The number of carbonyl (C=O) groups excluding carboxylic acids is 1. The Bertz CT molecular complexity index is 1010. The van der Waals surface area contributed by atoms with E-state index in [2.05, 4.69) is 11.9 Å². The number of piperidine rings is 1. The number of fused-ring (bicyclic) bond motifs is 1. The normalized spacial score (nSPS) is 15.1. The molecule has 1 saturated heterocycles. The maximum Gasteiger partial charge on any atom is 0.253 e. The molecular weight excluding hydrogens is 435 g/mol. The standard InChI is InChI=1S/C23H28N4O2.2ClH/c1-16-6-7-22-25-20(14-27(22)13-16)15-29-21-5-3-4-19(12-21)23(28)26-10-8-18(9-11-26)17(2)24;;/h3-7,12-14,17-18H,8-11,15,24H2,1-2H3;2*1H. The van der Waals surface area contributed by atoms with Crippen LogP contribution in [0.3, 0.4) is 0 Å². The van der Waals surface area contributed by atoms with Crippen LogP contribution in [0.4, 0.5) is 0 Å². The molecule has 0 aliphatic carbocycles. The Morgan fingerprint density at radius 3 is 2.65 bits per heavy atom. The van der Waals surface area contributed by atoms with Gasteiger partial charge < -0.3 is 19.8 Å². The highest BCUT2D eigenvalue weighted by Crippen LogP contribution is 2.22. The van der Waals surface area contributed by atoms with Crippen LogP contribution in [-0.2, 0) is 6.61 Å². The molecule has 1 unspecified atom stereocenters. The molecule has 0 radical (unpaired) electrons. The molecule has 0 saturated carbocycles. The van der Waals surface area contributed by atoms with Gasteiger partial charge in [-0.15, -0.1) is 24.8 Å². The topological polar surface area (TPSA) is 72.9 Å². The predicted molar refractivity (Wildman–Crippen MR) is 127 cm³/mol. The van der Waals surface area contributed by atoms with Gasteiger partial charge in [0.2, 0.25) is 0 Å².